The maximum absolute atomic E-state index is 13.8. The number of amides is 1. The van der Waals surface area contributed by atoms with Crippen LogP contribution < -0.4 is 19.7 Å². The van der Waals surface area contributed by atoms with Crippen LogP contribution in [0.25, 0.3) is 0 Å². The Morgan fingerprint density at radius 3 is 2.50 bits per heavy atom. The predicted molar refractivity (Wildman–Crippen MR) is 100 cm³/mol. The molecule has 8 heteroatoms. The number of carbonyl (C=O) groups excluding carboxylic acids is 1. The summed E-state index contributed by atoms with van der Waals surface area (Å²) in [6.07, 6.45) is 3.19. The second-order valence-electron chi connectivity index (χ2n) is 6.41. The second-order valence-corrected chi connectivity index (χ2v) is 6.41. The van der Waals surface area contributed by atoms with Crippen molar-refractivity contribution in [1.82, 2.24) is 0 Å². The fourth-order valence-electron chi connectivity index (χ4n) is 3.22. The first-order valence-corrected chi connectivity index (χ1v) is 8.96. The molecule has 1 aliphatic heterocycles. The quantitative estimate of drug-likeness (QED) is 0.773. The number of alkyl halides is 2. The summed E-state index contributed by atoms with van der Waals surface area (Å²) in [6, 6.07) is 8.19. The van der Waals surface area contributed by atoms with Gasteiger partial charge in [0.15, 0.2) is 11.5 Å². The lowest BCUT2D eigenvalue weighted by atomic mass is 10.1. The SMILES string of the molecule is COc1ccc(C(=O)Nc2cc(F)ccc2N2CCCCC2)cc1OC(F)F. The van der Waals surface area contributed by atoms with E-state index in [-0.39, 0.29) is 17.1 Å². The number of benzene rings is 2. The summed E-state index contributed by atoms with van der Waals surface area (Å²) in [5.74, 6) is -1.21. The van der Waals surface area contributed by atoms with E-state index in [9.17, 15) is 18.0 Å². The molecule has 0 radical (unpaired) electrons. The number of halogens is 3. The Hall–Kier alpha value is -2.90. The highest BCUT2D eigenvalue weighted by Gasteiger charge is 2.19. The van der Waals surface area contributed by atoms with Gasteiger partial charge in [-0.05, 0) is 55.7 Å². The third-order valence-corrected chi connectivity index (χ3v) is 4.55. The molecule has 3 rings (SSSR count). The van der Waals surface area contributed by atoms with Gasteiger partial charge in [0.2, 0.25) is 0 Å². The molecular weight excluding hydrogens is 373 g/mol. The molecule has 0 unspecified atom stereocenters. The fraction of sp³-hybridized carbons (Fsp3) is 0.350. The maximum atomic E-state index is 13.8. The van der Waals surface area contributed by atoms with E-state index in [4.69, 9.17) is 4.74 Å². The van der Waals surface area contributed by atoms with Crippen LogP contribution in [-0.4, -0.2) is 32.7 Å². The summed E-state index contributed by atoms with van der Waals surface area (Å²) in [6.45, 7) is -1.41. The van der Waals surface area contributed by atoms with E-state index >= 15 is 0 Å². The molecule has 1 N–H and O–H groups in total. The maximum Gasteiger partial charge on any atom is 0.387 e. The van der Waals surface area contributed by atoms with E-state index in [0.717, 1.165) is 38.0 Å². The monoisotopic (exact) mass is 394 g/mol. The molecule has 1 heterocycles. The average molecular weight is 394 g/mol. The molecule has 0 saturated carbocycles. The lowest BCUT2D eigenvalue weighted by Gasteiger charge is -2.30. The van der Waals surface area contributed by atoms with Gasteiger partial charge in [0, 0.05) is 18.7 Å². The Morgan fingerprint density at radius 1 is 1.07 bits per heavy atom. The van der Waals surface area contributed by atoms with Gasteiger partial charge in [0.25, 0.3) is 5.91 Å². The smallest absolute Gasteiger partial charge is 0.387 e. The van der Waals surface area contributed by atoms with Crippen molar-refractivity contribution < 1.29 is 27.4 Å². The van der Waals surface area contributed by atoms with Crippen LogP contribution in [0.15, 0.2) is 36.4 Å². The highest BCUT2D eigenvalue weighted by molar-refractivity contribution is 6.06. The number of ether oxygens (including phenoxy) is 2. The number of rotatable bonds is 6. The third kappa shape index (κ3) is 4.68. The number of carbonyl (C=O) groups is 1. The number of piperidine rings is 1. The van der Waals surface area contributed by atoms with Crippen LogP contribution in [0.4, 0.5) is 24.5 Å². The number of nitrogens with zero attached hydrogens (tertiary/aromatic N) is 1. The Labute approximate surface area is 161 Å². The molecule has 0 atom stereocenters. The van der Waals surface area contributed by atoms with Gasteiger partial charge in [-0.3, -0.25) is 4.79 Å². The highest BCUT2D eigenvalue weighted by atomic mass is 19.3. The van der Waals surface area contributed by atoms with Crippen molar-refractivity contribution in [3.05, 3.63) is 47.8 Å². The number of anilines is 2. The molecular formula is C20H21F3N2O3. The van der Waals surface area contributed by atoms with E-state index < -0.39 is 18.3 Å². The number of hydrogen-bond donors (Lipinski definition) is 1. The van der Waals surface area contributed by atoms with Crippen LogP contribution in [0.3, 0.4) is 0 Å². The van der Waals surface area contributed by atoms with Gasteiger partial charge in [-0.15, -0.1) is 0 Å². The topological polar surface area (TPSA) is 50.8 Å². The van der Waals surface area contributed by atoms with Crippen molar-refractivity contribution in [2.75, 3.05) is 30.4 Å². The van der Waals surface area contributed by atoms with Crippen molar-refractivity contribution in [3.63, 3.8) is 0 Å². The molecule has 1 aliphatic rings. The lowest BCUT2D eigenvalue weighted by molar-refractivity contribution is -0.0512. The van der Waals surface area contributed by atoms with Crippen LogP contribution in [-0.2, 0) is 0 Å². The van der Waals surface area contributed by atoms with Gasteiger partial charge < -0.3 is 19.7 Å². The molecule has 1 saturated heterocycles. The summed E-state index contributed by atoms with van der Waals surface area (Å²) < 4.78 is 48.3. The van der Waals surface area contributed by atoms with Crippen molar-refractivity contribution in [3.8, 4) is 11.5 Å². The van der Waals surface area contributed by atoms with Gasteiger partial charge in [-0.25, -0.2) is 4.39 Å². The summed E-state index contributed by atoms with van der Waals surface area (Å²) in [7, 11) is 1.31. The van der Waals surface area contributed by atoms with Gasteiger partial charge >= 0.3 is 6.61 Å². The Morgan fingerprint density at radius 2 is 1.82 bits per heavy atom. The summed E-state index contributed by atoms with van der Waals surface area (Å²) >= 11 is 0. The van der Waals surface area contributed by atoms with Crippen LogP contribution >= 0.6 is 0 Å². The minimum absolute atomic E-state index is 0.0802. The molecule has 2 aromatic carbocycles. The largest absolute Gasteiger partial charge is 0.493 e. The van der Waals surface area contributed by atoms with E-state index in [0.29, 0.717) is 5.69 Å². The molecule has 2 aromatic rings. The molecule has 5 nitrogen and oxygen atoms in total. The zero-order valence-corrected chi connectivity index (χ0v) is 15.4. The first-order valence-electron chi connectivity index (χ1n) is 8.96. The lowest BCUT2D eigenvalue weighted by Crippen LogP contribution is -2.30. The van der Waals surface area contributed by atoms with Gasteiger partial charge in [-0.2, -0.15) is 8.78 Å². The highest BCUT2D eigenvalue weighted by Crippen LogP contribution is 2.32. The minimum Gasteiger partial charge on any atom is -0.493 e. The molecule has 150 valence electrons. The molecule has 0 bridgehead atoms. The number of methoxy groups -OCH3 is 1. The normalized spacial score (nSPS) is 14.1. The molecule has 28 heavy (non-hydrogen) atoms. The van der Waals surface area contributed by atoms with Gasteiger partial charge in [0.1, 0.15) is 5.82 Å². The molecule has 0 aliphatic carbocycles. The number of nitrogens with one attached hydrogen (secondary N) is 1. The first kappa shape index (κ1) is 19.9. The first-order chi connectivity index (χ1) is 13.5. The minimum atomic E-state index is -3.05. The van der Waals surface area contributed by atoms with E-state index in [1.54, 1.807) is 6.07 Å². The van der Waals surface area contributed by atoms with E-state index in [1.807, 2.05) is 0 Å². The number of hydrogen-bond acceptors (Lipinski definition) is 4. The molecule has 0 spiro atoms. The van der Waals surface area contributed by atoms with Crippen molar-refractivity contribution in [2.24, 2.45) is 0 Å². The standard InChI is InChI=1S/C20H21F3N2O3/c1-27-17-8-5-13(11-18(17)28-20(22)23)19(26)24-15-12-14(21)6-7-16(15)25-9-3-2-4-10-25/h5-8,11-12,20H,2-4,9-10H2,1H3,(H,24,26). The Kier molecular flexibility index (Phi) is 6.28. The predicted octanol–water partition coefficient (Wildman–Crippen LogP) is 4.68. The average Bonchev–Trinajstić information content (AvgIpc) is 2.68. The summed E-state index contributed by atoms with van der Waals surface area (Å²) in [4.78, 5) is 14.8. The van der Waals surface area contributed by atoms with Crippen LogP contribution in [0.2, 0.25) is 0 Å². The Balaban J connectivity index is 1.85. The van der Waals surface area contributed by atoms with Crippen molar-refractivity contribution in [1.29, 1.82) is 0 Å². The van der Waals surface area contributed by atoms with Crippen LogP contribution in [0.5, 0.6) is 11.5 Å². The van der Waals surface area contributed by atoms with E-state index in [1.165, 1.54) is 37.4 Å². The van der Waals surface area contributed by atoms with Crippen molar-refractivity contribution in [2.45, 2.75) is 25.9 Å². The third-order valence-electron chi connectivity index (χ3n) is 4.55. The fourth-order valence-corrected chi connectivity index (χ4v) is 3.22. The van der Waals surface area contributed by atoms with Gasteiger partial charge in [-0.1, -0.05) is 0 Å². The molecule has 1 fully saturated rings. The summed E-state index contributed by atoms with van der Waals surface area (Å²) in [5.41, 5.74) is 1.15. The zero-order valence-electron chi connectivity index (χ0n) is 15.4. The molecule has 0 aromatic heterocycles. The van der Waals surface area contributed by atoms with Crippen LogP contribution in [0.1, 0.15) is 29.6 Å². The Bertz CT molecular complexity index is 839. The second kappa shape index (κ2) is 8.86. The summed E-state index contributed by atoms with van der Waals surface area (Å²) in [5, 5.41) is 2.68. The van der Waals surface area contributed by atoms with Gasteiger partial charge in [0.05, 0.1) is 18.5 Å². The molecule has 1 amide bonds. The van der Waals surface area contributed by atoms with Crippen molar-refractivity contribution >= 4 is 17.3 Å². The zero-order chi connectivity index (χ0) is 20.1. The van der Waals surface area contributed by atoms with E-state index in [2.05, 4.69) is 15.0 Å². The van der Waals surface area contributed by atoms with Crippen LogP contribution in [0, 0.1) is 5.82 Å².